The number of benzene rings is 1. The lowest BCUT2D eigenvalue weighted by Crippen LogP contribution is -2.40. The van der Waals surface area contributed by atoms with E-state index in [4.69, 9.17) is 9.84 Å². The van der Waals surface area contributed by atoms with Gasteiger partial charge in [0, 0.05) is 30.4 Å². The number of aliphatic hydroxyl groups excluding tert-OH is 1. The number of carbonyl (C=O) groups is 1. The Morgan fingerprint density at radius 1 is 1.21 bits per heavy atom. The van der Waals surface area contributed by atoms with E-state index in [1.54, 1.807) is 30.5 Å². The van der Waals surface area contributed by atoms with Crippen molar-refractivity contribution >= 4 is 27.4 Å². The van der Waals surface area contributed by atoms with Crippen molar-refractivity contribution in [3.05, 3.63) is 42.3 Å². The largest absolute Gasteiger partial charge is 0.441 e. The molecule has 0 bridgehead atoms. The summed E-state index contributed by atoms with van der Waals surface area (Å²) in [5.74, 6) is 0.336. The lowest BCUT2D eigenvalue weighted by Gasteiger charge is -2.27. The summed E-state index contributed by atoms with van der Waals surface area (Å²) in [6.07, 6.45) is 0.306. The number of aliphatic hydroxyl groups is 1. The van der Waals surface area contributed by atoms with Gasteiger partial charge in [0.2, 0.25) is 0 Å². The molecule has 1 aromatic heterocycles. The summed E-state index contributed by atoms with van der Waals surface area (Å²) in [6, 6.07) is 7.90. The van der Waals surface area contributed by atoms with Crippen LogP contribution in [0, 0.1) is 5.82 Å². The lowest BCUT2D eigenvalue weighted by molar-refractivity contribution is 0.0963. The van der Waals surface area contributed by atoms with Crippen molar-refractivity contribution < 1.29 is 27.4 Å². The first-order valence-electron chi connectivity index (χ1n) is 9.17. The molecule has 2 saturated heterocycles. The minimum absolute atomic E-state index is 0.0998. The number of sulfone groups is 1. The van der Waals surface area contributed by atoms with Crippen molar-refractivity contribution in [1.29, 1.82) is 0 Å². The number of rotatable bonds is 4. The highest BCUT2D eigenvalue weighted by molar-refractivity contribution is 7.91. The van der Waals surface area contributed by atoms with Gasteiger partial charge in [0.1, 0.15) is 17.7 Å². The summed E-state index contributed by atoms with van der Waals surface area (Å²) < 4.78 is 42.8. The zero-order valence-electron chi connectivity index (χ0n) is 15.5. The Morgan fingerprint density at radius 3 is 2.55 bits per heavy atom. The van der Waals surface area contributed by atoms with Gasteiger partial charge >= 0.3 is 6.09 Å². The van der Waals surface area contributed by atoms with Crippen molar-refractivity contribution in [2.75, 3.05) is 47.5 Å². The Labute approximate surface area is 167 Å². The molecule has 0 radical (unpaired) electrons. The Balaban J connectivity index is 1.51. The Bertz CT molecular complexity index is 1010. The monoisotopic (exact) mass is 421 g/mol. The third kappa shape index (κ3) is 4.03. The molecular weight excluding hydrogens is 401 g/mol. The summed E-state index contributed by atoms with van der Waals surface area (Å²) in [5.41, 5.74) is 1.26. The minimum atomic E-state index is -2.97. The molecule has 3 heterocycles. The number of ether oxygens (including phenoxy) is 1. The van der Waals surface area contributed by atoms with Crippen molar-refractivity contribution in [1.82, 2.24) is 4.98 Å². The molecule has 0 saturated carbocycles. The van der Waals surface area contributed by atoms with Gasteiger partial charge in [-0.05, 0) is 30.3 Å². The Hall–Kier alpha value is -2.72. The fourth-order valence-electron chi connectivity index (χ4n) is 3.41. The molecule has 29 heavy (non-hydrogen) atoms. The maximum Gasteiger partial charge on any atom is 0.414 e. The smallest absolute Gasteiger partial charge is 0.414 e. The van der Waals surface area contributed by atoms with Crippen LogP contribution in [0.15, 0.2) is 36.5 Å². The van der Waals surface area contributed by atoms with Gasteiger partial charge in [-0.3, -0.25) is 4.90 Å². The van der Waals surface area contributed by atoms with Crippen LogP contribution >= 0.6 is 0 Å². The number of amides is 1. The number of nitrogens with zero attached hydrogens (tertiary/aromatic N) is 3. The molecule has 2 aliphatic rings. The number of carbonyl (C=O) groups excluding carboxylic acids is 1. The van der Waals surface area contributed by atoms with Gasteiger partial charge in [-0.15, -0.1) is 0 Å². The summed E-state index contributed by atoms with van der Waals surface area (Å²) in [4.78, 5) is 19.4. The van der Waals surface area contributed by atoms with Crippen LogP contribution in [0.1, 0.15) is 0 Å². The van der Waals surface area contributed by atoms with E-state index in [2.05, 4.69) is 4.98 Å². The normalized spacial score (nSPS) is 21.3. The number of pyridine rings is 1. The molecule has 154 valence electrons. The molecule has 1 amide bonds. The second-order valence-corrected chi connectivity index (χ2v) is 9.31. The van der Waals surface area contributed by atoms with E-state index < -0.39 is 27.9 Å². The van der Waals surface area contributed by atoms with Crippen LogP contribution in [0.3, 0.4) is 0 Å². The molecule has 1 aromatic carbocycles. The number of hydrogen-bond acceptors (Lipinski definition) is 7. The molecule has 10 heteroatoms. The molecular formula is C19H20FN3O5S. The molecule has 4 rings (SSSR count). The van der Waals surface area contributed by atoms with Crippen LogP contribution in [0.5, 0.6) is 0 Å². The highest BCUT2D eigenvalue weighted by atomic mass is 32.2. The minimum Gasteiger partial charge on any atom is -0.441 e. The van der Waals surface area contributed by atoms with Gasteiger partial charge in [0.15, 0.2) is 9.84 Å². The van der Waals surface area contributed by atoms with Crippen molar-refractivity contribution in [3.8, 4) is 11.1 Å². The zero-order valence-corrected chi connectivity index (χ0v) is 16.3. The SMILES string of the molecule is O=C1OC(CO)CN1c1ccc(-c2ccc(N3CCS(=O)(=O)CC3)nc2)c(F)c1. The number of anilines is 2. The number of halogens is 1. The fourth-order valence-corrected chi connectivity index (χ4v) is 4.61. The van der Waals surface area contributed by atoms with E-state index in [1.807, 2.05) is 4.90 Å². The van der Waals surface area contributed by atoms with Gasteiger partial charge in [0.25, 0.3) is 0 Å². The second-order valence-electron chi connectivity index (χ2n) is 7.01. The molecule has 2 aromatic rings. The van der Waals surface area contributed by atoms with Gasteiger partial charge < -0.3 is 14.7 Å². The number of hydrogen-bond donors (Lipinski definition) is 1. The molecule has 2 fully saturated rings. The lowest BCUT2D eigenvalue weighted by atomic mass is 10.1. The molecule has 1 atom stereocenters. The summed E-state index contributed by atoms with van der Waals surface area (Å²) >= 11 is 0. The van der Waals surface area contributed by atoms with E-state index in [9.17, 15) is 17.6 Å². The molecule has 2 aliphatic heterocycles. The molecule has 1 N–H and O–H groups in total. The highest BCUT2D eigenvalue weighted by Gasteiger charge is 2.32. The summed E-state index contributed by atoms with van der Waals surface area (Å²) in [7, 11) is -2.97. The van der Waals surface area contributed by atoms with Crippen LogP contribution in [-0.2, 0) is 14.6 Å². The number of aromatic nitrogens is 1. The Kier molecular flexibility index (Phi) is 5.13. The molecule has 8 nitrogen and oxygen atoms in total. The Morgan fingerprint density at radius 2 is 1.97 bits per heavy atom. The van der Waals surface area contributed by atoms with E-state index in [1.165, 1.54) is 11.0 Å². The average molecular weight is 421 g/mol. The first kappa shape index (κ1) is 19.6. The first-order valence-corrected chi connectivity index (χ1v) is 11.0. The van der Waals surface area contributed by atoms with Gasteiger partial charge in [-0.25, -0.2) is 22.6 Å². The van der Waals surface area contributed by atoms with Crippen LogP contribution in [0.25, 0.3) is 11.1 Å². The van der Waals surface area contributed by atoms with Gasteiger partial charge in [-0.2, -0.15) is 0 Å². The molecule has 1 unspecified atom stereocenters. The summed E-state index contributed by atoms with van der Waals surface area (Å²) in [6.45, 7) is 0.650. The van der Waals surface area contributed by atoms with Crippen molar-refractivity contribution in [2.45, 2.75) is 6.10 Å². The second kappa shape index (κ2) is 7.60. The van der Waals surface area contributed by atoms with E-state index in [0.29, 0.717) is 35.7 Å². The van der Waals surface area contributed by atoms with Crippen LogP contribution < -0.4 is 9.80 Å². The van der Waals surface area contributed by atoms with Crippen molar-refractivity contribution in [2.24, 2.45) is 0 Å². The van der Waals surface area contributed by atoms with Crippen LogP contribution in [0.2, 0.25) is 0 Å². The van der Waals surface area contributed by atoms with Gasteiger partial charge in [-0.1, -0.05) is 0 Å². The molecule has 0 spiro atoms. The highest BCUT2D eigenvalue weighted by Crippen LogP contribution is 2.29. The van der Waals surface area contributed by atoms with E-state index in [0.717, 1.165) is 0 Å². The maximum absolute atomic E-state index is 14.7. The third-order valence-electron chi connectivity index (χ3n) is 5.07. The predicted octanol–water partition coefficient (Wildman–Crippen LogP) is 1.44. The third-order valence-corrected chi connectivity index (χ3v) is 6.68. The topological polar surface area (TPSA) is 100 Å². The van der Waals surface area contributed by atoms with Crippen LogP contribution in [-0.4, -0.2) is 68.5 Å². The summed E-state index contributed by atoms with van der Waals surface area (Å²) in [5, 5.41) is 9.12. The first-order chi connectivity index (χ1) is 13.9. The number of cyclic esters (lactones) is 1. The quantitative estimate of drug-likeness (QED) is 0.797. The van der Waals surface area contributed by atoms with Gasteiger partial charge in [0.05, 0.1) is 30.3 Å². The van der Waals surface area contributed by atoms with E-state index >= 15 is 0 Å². The van der Waals surface area contributed by atoms with Crippen molar-refractivity contribution in [3.63, 3.8) is 0 Å². The average Bonchev–Trinajstić information content (AvgIpc) is 3.09. The zero-order chi connectivity index (χ0) is 20.6. The van der Waals surface area contributed by atoms with E-state index in [-0.39, 0.29) is 24.7 Å². The predicted molar refractivity (Wildman–Crippen MR) is 105 cm³/mol. The molecule has 0 aliphatic carbocycles. The maximum atomic E-state index is 14.7. The van der Waals surface area contributed by atoms with Crippen LogP contribution in [0.4, 0.5) is 20.7 Å². The fraction of sp³-hybridized carbons (Fsp3) is 0.368. The standard InChI is InChI=1S/C19H20FN3O5S/c20-17-9-14(23-11-15(12-24)28-19(23)25)2-3-16(17)13-1-4-18(21-10-13)22-5-7-29(26,27)8-6-22/h1-4,9-10,15,24H,5-8,11-12H2.